The molecule has 0 fully saturated rings. The van der Waals surface area contributed by atoms with E-state index in [0.717, 1.165) is 18.2 Å². The SMILES string of the molecule is Fc1c(OC(F)F)cccc1OC(F)F. The van der Waals surface area contributed by atoms with Crippen LogP contribution in [0.25, 0.3) is 0 Å². The summed E-state index contributed by atoms with van der Waals surface area (Å²) in [7, 11) is 0. The van der Waals surface area contributed by atoms with Gasteiger partial charge in [-0.25, -0.2) is 0 Å². The molecule has 0 amide bonds. The molecule has 0 spiro atoms. The largest absolute Gasteiger partial charge is 0.432 e. The third-order valence-corrected chi connectivity index (χ3v) is 1.36. The summed E-state index contributed by atoms with van der Waals surface area (Å²) in [6.45, 7) is -6.47. The lowest BCUT2D eigenvalue weighted by Gasteiger charge is -2.09. The summed E-state index contributed by atoms with van der Waals surface area (Å²) in [5.74, 6) is -3.08. The third kappa shape index (κ3) is 3.26. The molecule has 0 aromatic heterocycles. The zero-order chi connectivity index (χ0) is 11.4. The van der Waals surface area contributed by atoms with E-state index in [1.165, 1.54) is 0 Å². The van der Waals surface area contributed by atoms with Crippen LogP contribution in [0.1, 0.15) is 0 Å². The normalized spacial score (nSPS) is 10.9. The van der Waals surface area contributed by atoms with Crippen molar-refractivity contribution in [1.82, 2.24) is 0 Å². The minimum absolute atomic E-state index is 0.844. The Kier molecular flexibility index (Phi) is 3.70. The Bertz CT molecular complexity index is 301. The van der Waals surface area contributed by atoms with Crippen LogP contribution in [0, 0.1) is 5.82 Å². The summed E-state index contributed by atoms with van der Waals surface area (Å²) in [5.41, 5.74) is 0. The molecule has 0 atom stereocenters. The van der Waals surface area contributed by atoms with Gasteiger partial charge in [-0.3, -0.25) is 0 Å². The third-order valence-electron chi connectivity index (χ3n) is 1.36. The van der Waals surface area contributed by atoms with Crippen molar-refractivity contribution >= 4 is 0 Å². The number of ether oxygens (including phenoxy) is 2. The molecule has 84 valence electrons. The maximum absolute atomic E-state index is 13.1. The second-order valence-electron chi connectivity index (χ2n) is 2.33. The lowest BCUT2D eigenvalue weighted by molar-refractivity contribution is -0.0588. The zero-order valence-electron chi connectivity index (χ0n) is 7.09. The molecular formula is C8H5F5O2. The molecule has 0 bridgehead atoms. The van der Waals surface area contributed by atoms with E-state index in [1.54, 1.807) is 0 Å². The molecule has 0 unspecified atom stereocenters. The van der Waals surface area contributed by atoms with E-state index in [1.807, 2.05) is 0 Å². The topological polar surface area (TPSA) is 18.5 Å². The summed E-state index contributed by atoms with van der Waals surface area (Å²) in [6, 6.07) is 2.80. The van der Waals surface area contributed by atoms with Gasteiger partial charge in [0.1, 0.15) is 0 Å². The first-order chi connectivity index (χ1) is 7.00. The number of hydrogen-bond acceptors (Lipinski definition) is 2. The van der Waals surface area contributed by atoms with Crippen LogP contribution in [0.4, 0.5) is 22.0 Å². The fraction of sp³-hybridized carbons (Fsp3) is 0.250. The number of hydrogen-bond donors (Lipinski definition) is 0. The molecule has 0 saturated carbocycles. The molecule has 7 heteroatoms. The van der Waals surface area contributed by atoms with Crippen LogP contribution in [-0.2, 0) is 0 Å². The van der Waals surface area contributed by atoms with Crippen LogP contribution < -0.4 is 9.47 Å². The van der Waals surface area contributed by atoms with E-state index >= 15 is 0 Å². The first kappa shape index (κ1) is 11.5. The molecule has 1 aromatic carbocycles. The van der Waals surface area contributed by atoms with Crippen molar-refractivity contribution in [3.63, 3.8) is 0 Å². The minimum Gasteiger partial charge on any atom is -0.432 e. The van der Waals surface area contributed by atoms with E-state index < -0.39 is 30.5 Å². The molecule has 15 heavy (non-hydrogen) atoms. The molecular weight excluding hydrogens is 223 g/mol. The quantitative estimate of drug-likeness (QED) is 0.737. The lowest BCUT2D eigenvalue weighted by atomic mass is 10.3. The van der Waals surface area contributed by atoms with Gasteiger partial charge in [-0.2, -0.15) is 22.0 Å². The van der Waals surface area contributed by atoms with E-state index in [2.05, 4.69) is 9.47 Å². The molecule has 2 nitrogen and oxygen atoms in total. The second-order valence-corrected chi connectivity index (χ2v) is 2.33. The van der Waals surface area contributed by atoms with E-state index in [4.69, 9.17) is 0 Å². The molecule has 0 aliphatic heterocycles. The van der Waals surface area contributed by atoms with Gasteiger partial charge in [0.2, 0.25) is 5.82 Å². The van der Waals surface area contributed by atoms with Gasteiger partial charge < -0.3 is 9.47 Å². The summed E-state index contributed by atoms with van der Waals surface area (Å²) < 4.78 is 67.4. The summed E-state index contributed by atoms with van der Waals surface area (Å²) in [6.07, 6.45) is 0. The number of rotatable bonds is 4. The zero-order valence-corrected chi connectivity index (χ0v) is 7.09. The van der Waals surface area contributed by atoms with Crippen molar-refractivity contribution in [1.29, 1.82) is 0 Å². The van der Waals surface area contributed by atoms with Gasteiger partial charge in [0.05, 0.1) is 0 Å². The average Bonchev–Trinajstić information content (AvgIpc) is 2.10. The van der Waals surface area contributed by atoms with Crippen LogP contribution in [0.5, 0.6) is 11.5 Å². The van der Waals surface area contributed by atoms with Crippen LogP contribution >= 0.6 is 0 Å². The Morgan fingerprint density at radius 2 is 1.27 bits per heavy atom. The smallest absolute Gasteiger partial charge is 0.387 e. The predicted molar refractivity (Wildman–Crippen MR) is 39.7 cm³/mol. The molecule has 0 saturated heterocycles. The highest BCUT2D eigenvalue weighted by molar-refractivity contribution is 5.35. The first-order valence-corrected chi connectivity index (χ1v) is 3.69. The number of benzene rings is 1. The molecule has 1 rings (SSSR count). The van der Waals surface area contributed by atoms with Crippen LogP contribution in [-0.4, -0.2) is 13.2 Å². The minimum atomic E-state index is -3.23. The Morgan fingerprint density at radius 1 is 0.867 bits per heavy atom. The van der Waals surface area contributed by atoms with Gasteiger partial charge >= 0.3 is 13.2 Å². The maximum Gasteiger partial charge on any atom is 0.387 e. The number of alkyl halides is 4. The van der Waals surface area contributed by atoms with Crippen molar-refractivity contribution < 1.29 is 31.4 Å². The van der Waals surface area contributed by atoms with Crippen molar-refractivity contribution in [2.24, 2.45) is 0 Å². The molecule has 0 heterocycles. The molecule has 1 aromatic rings. The predicted octanol–water partition coefficient (Wildman–Crippen LogP) is 3.03. The second kappa shape index (κ2) is 4.81. The highest BCUT2D eigenvalue weighted by atomic mass is 19.3. The molecule has 0 aliphatic carbocycles. The fourth-order valence-corrected chi connectivity index (χ4v) is 0.865. The van der Waals surface area contributed by atoms with Gasteiger partial charge in [-0.1, -0.05) is 6.07 Å². The summed E-state index contributed by atoms with van der Waals surface area (Å²) >= 11 is 0. The highest BCUT2D eigenvalue weighted by Crippen LogP contribution is 2.28. The molecule has 0 N–H and O–H groups in total. The highest BCUT2D eigenvalue weighted by Gasteiger charge is 2.16. The van der Waals surface area contributed by atoms with Gasteiger partial charge in [-0.15, -0.1) is 0 Å². The Morgan fingerprint density at radius 3 is 1.60 bits per heavy atom. The first-order valence-electron chi connectivity index (χ1n) is 3.69. The summed E-state index contributed by atoms with van der Waals surface area (Å²) in [4.78, 5) is 0. The van der Waals surface area contributed by atoms with Gasteiger partial charge in [0, 0.05) is 0 Å². The lowest BCUT2D eigenvalue weighted by Crippen LogP contribution is -2.07. The van der Waals surface area contributed by atoms with Gasteiger partial charge in [0.25, 0.3) is 0 Å². The van der Waals surface area contributed by atoms with E-state index in [0.29, 0.717) is 0 Å². The van der Waals surface area contributed by atoms with Crippen LogP contribution in [0.3, 0.4) is 0 Å². The Labute approximate surface area is 81.2 Å². The van der Waals surface area contributed by atoms with Gasteiger partial charge in [-0.05, 0) is 12.1 Å². The Balaban J connectivity index is 2.90. The number of halogens is 5. The van der Waals surface area contributed by atoms with Gasteiger partial charge in [0.15, 0.2) is 11.5 Å². The van der Waals surface area contributed by atoms with Crippen molar-refractivity contribution in [3.05, 3.63) is 24.0 Å². The van der Waals surface area contributed by atoms with E-state index in [-0.39, 0.29) is 0 Å². The van der Waals surface area contributed by atoms with E-state index in [9.17, 15) is 22.0 Å². The molecule has 0 radical (unpaired) electrons. The van der Waals surface area contributed by atoms with Crippen molar-refractivity contribution in [2.45, 2.75) is 13.2 Å². The van der Waals surface area contributed by atoms with Crippen LogP contribution in [0.15, 0.2) is 18.2 Å². The van der Waals surface area contributed by atoms with Crippen molar-refractivity contribution in [2.75, 3.05) is 0 Å². The summed E-state index contributed by atoms with van der Waals surface area (Å²) in [5, 5.41) is 0. The average molecular weight is 228 g/mol. The van der Waals surface area contributed by atoms with Crippen molar-refractivity contribution in [3.8, 4) is 11.5 Å². The van der Waals surface area contributed by atoms with Crippen LogP contribution in [0.2, 0.25) is 0 Å². The fourth-order valence-electron chi connectivity index (χ4n) is 0.865. The Hall–Kier alpha value is -1.53. The monoisotopic (exact) mass is 228 g/mol. The standard InChI is InChI=1S/C8H5F5O2/c9-6-4(14-7(10)11)2-1-3-5(6)15-8(12)13/h1-3,7-8H. The molecule has 0 aliphatic rings. The maximum atomic E-state index is 13.1.